The summed E-state index contributed by atoms with van der Waals surface area (Å²) in [5, 5.41) is 2.96. The van der Waals surface area contributed by atoms with Gasteiger partial charge in [0.2, 0.25) is 15.9 Å². The van der Waals surface area contributed by atoms with Crippen LogP contribution in [0.4, 0.5) is 0 Å². The number of sulfonamides is 1. The Morgan fingerprint density at radius 2 is 2.14 bits per heavy atom. The zero-order chi connectivity index (χ0) is 16.3. The minimum absolute atomic E-state index is 0.00738. The molecule has 1 aliphatic rings. The first kappa shape index (κ1) is 17.1. The number of amides is 1. The maximum absolute atomic E-state index is 12.3. The van der Waals surface area contributed by atoms with E-state index in [1.807, 2.05) is 6.92 Å². The molecule has 1 aliphatic carbocycles. The summed E-state index contributed by atoms with van der Waals surface area (Å²) in [5.74, 6) is 0.0887. The number of nitrogens with one attached hydrogen (secondary N) is 2. The van der Waals surface area contributed by atoms with Crippen molar-refractivity contribution in [2.75, 3.05) is 6.61 Å². The quantitative estimate of drug-likeness (QED) is 0.786. The van der Waals surface area contributed by atoms with Crippen LogP contribution < -0.4 is 14.8 Å². The van der Waals surface area contributed by atoms with Gasteiger partial charge in [0, 0.05) is 6.04 Å². The van der Waals surface area contributed by atoms with E-state index in [4.69, 9.17) is 16.3 Å². The van der Waals surface area contributed by atoms with Crippen LogP contribution >= 0.6 is 11.6 Å². The second kappa shape index (κ2) is 6.85. The van der Waals surface area contributed by atoms with Gasteiger partial charge in [0.05, 0.1) is 22.6 Å². The Balaban J connectivity index is 2.08. The summed E-state index contributed by atoms with van der Waals surface area (Å²) < 4.78 is 32.2. The normalized spacial score (nSPS) is 16.1. The van der Waals surface area contributed by atoms with E-state index < -0.39 is 16.1 Å². The SMILES string of the molecule is CCOc1ccc(S(=O)(=O)N[C@H](C)C(=O)NC2CC2)cc1Cl. The van der Waals surface area contributed by atoms with Gasteiger partial charge in [-0.1, -0.05) is 11.6 Å². The van der Waals surface area contributed by atoms with Crippen LogP contribution in [0.2, 0.25) is 5.02 Å². The van der Waals surface area contributed by atoms with Crippen molar-refractivity contribution in [2.24, 2.45) is 0 Å². The molecule has 1 aromatic rings. The van der Waals surface area contributed by atoms with Gasteiger partial charge in [-0.25, -0.2) is 8.42 Å². The molecule has 0 aromatic heterocycles. The third-order valence-electron chi connectivity index (χ3n) is 3.16. The Morgan fingerprint density at radius 3 is 2.68 bits per heavy atom. The molecule has 122 valence electrons. The molecule has 8 heteroatoms. The fourth-order valence-corrected chi connectivity index (χ4v) is 3.36. The van der Waals surface area contributed by atoms with Crippen LogP contribution in [0.3, 0.4) is 0 Å². The lowest BCUT2D eigenvalue weighted by Crippen LogP contribution is -2.45. The van der Waals surface area contributed by atoms with Crippen molar-refractivity contribution in [1.29, 1.82) is 0 Å². The van der Waals surface area contributed by atoms with Gasteiger partial charge in [0.1, 0.15) is 5.75 Å². The van der Waals surface area contributed by atoms with Gasteiger partial charge >= 0.3 is 0 Å². The van der Waals surface area contributed by atoms with Crippen LogP contribution in [0.15, 0.2) is 23.1 Å². The molecule has 0 radical (unpaired) electrons. The Kier molecular flexibility index (Phi) is 5.31. The molecule has 6 nitrogen and oxygen atoms in total. The Morgan fingerprint density at radius 1 is 1.45 bits per heavy atom. The number of ether oxygens (including phenoxy) is 1. The topological polar surface area (TPSA) is 84.5 Å². The van der Waals surface area contributed by atoms with E-state index in [1.165, 1.54) is 25.1 Å². The van der Waals surface area contributed by atoms with Gasteiger partial charge in [-0.05, 0) is 44.9 Å². The Bertz CT molecular complexity index is 659. The van der Waals surface area contributed by atoms with Crippen LogP contribution in [0.25, 0.3) is 0 Å². The van der Waals surface area contributed by atoms with Gasteiger partial charge in [0.15, 0.2) is 0 Å². The summed E-state index contributed by atoms with van der Waals surface area (Å²) in [6.07, 6.45) is 1.89. The fraction of sp³-hybridized carbons (Fsp3) is 0.500. The Hall–Kier alpha value is -1.31. The van der Waals surface area contributed by atoms with Gasteiger partial charge < -0.3 is 10.1 Å². The molecular formula is C14H19ClN2O4S. The van der Waals surface area contributed by atoms with E-state index in [-0.39, 0.29) is 21.9 Å². The van der Waals surface area contributed by atoms with Gasteiger partial charge in [-0.3, -0.25) is 4.79 Å². The van der Waals surface area contributed by atoms with Gasteiger partial charge in [-0.15, -0.1) is 0 Å². The van der Waals surface area contributed by atoms with Gasteiger partial charge in [-0.2, -0.15) is 4.72 Å². The van der Waals surface area contributed by atoms with Crippen LogP contribution in [-0.2, 0) is 14.8 Å². The molecule has 22 heavy (non-hydrogen) atoms. The molecule has 1 aromatic carbocycles. The minimum atomic E-state index is -3.82. The Labute approximate surface area is 135 Å². The van der Waals surface area contributed by atoms with Crippen LogP contribution in [-0.4, -0.2) is 33.0 Å². The smallest absolute Gasteiger partial charge is 0.241 e. The standard InChI is InChI=1S/C14H19ClN2O4S/c1-3-21-13-7-6-11(8-12(13)15)22(19,20)17-9(2)14(18)16-10-4-5-10/h6-10,17H,3-5H2,1-2H3,(H,16,18)/t9-/m1/s1. The van der Waals surface area contributed by atoms with Crippen molar-refractivity contribution >= 4 is 27.5 Å². The lowest BCUT2D eigenvalue weighted by molar-refractivity contribution is -0.122. The average molecular weight is 347 g/mol. The molecule has 0 saturated heterocycles. The predicted molar refractivity (Wildman–Crippen MR) is 83.6 cm³/mol. The molecule has 1 saturated carbocycles. The molecule has 0 spiro atoms. The number of carbonyl (C=O) groups excluding carboxylic acids is 1. The summed E-state index contributed by atoms with van der Waals surface area (Å²) in [6, 6.07) is 3.52. The highest BCUT2D eigenvalue weighted by atomic mass is 35.5. The van der Waals surface area contributed by atoms with Crippen molar-refractivity contribution < 1.29 is 17.9 Å². The summed E-state index contributed by atoms with van der Waals surface area (Å²) in [7, 11) is -3.82. The first-order valence-corrected chi connectivity index (χ1v) is 8.94. The maximum Gasteiger partial charge on any atom is 0.241 e. The molecule has 1 amide bonds. The molecule has 0 bridgehead atoms. The molecule has 1 atom stereocenters. The summed E-state index contributed by atoms with van der Waals surface area (Å²) in [4.78, 5) is 11.8. The molecule has 1 fully saturated rings. The average Bonchev–Trinajstić information content (AvgIpc) is 3.24. The van der Waals surface area contributed by atoms with Gasteiger partial charge in [0.25, 0.3) is 0 Å². The van der Waals surface area contributed by atoms with Crippen LogP contribution in [0.5, 0.6) is 5.75 Å². The van der Waals surface area contributed by atoms with Crippen molar-refractivity contribution in [2.45, 2.75) is 43.7 Å². The molecule has 0 aliphatic heterocycles. The minimum Gasteiger partial charge on any atom is -0.492 e. The van der Waals surface area contributed by atoms with E-state index in [1.54, 1.807) is 0 Å². The highest BCUT2D eigenvalue weighted by Gasteiger charge is 2.28. The van der Waals surface area contributed by atoms with Crippen LogP contribution in [0, 0.1) is 0 Å². The molecular weight excluding hydrogens is 328 g/mol. The zero-order valence-electron chi connectivity index (χ0n) is 12.4. The number of carbonyl (C=O) groups is 1. The van der Waals surface area contributed by atoms with E-state index in [2.05, 4.69) is 10.0 Å². The highest BCUT2D eigenvalue weighted by Crippen LogP contribution is 2.27. The molecule has 2 N–H and O–H groups in total. The van der Waals surface area contributed by atoms with E-state index in [9.17, 15) is 13.2 Å². The number of hydrogen-bond donors (Lipinski definition) is 2. The second-order valence-electron chi connectivity index (χ2n) is 5.15. The fourth-order valence-electron chi connectivity index (χ4n) is 1.83. The number of benzene rings is 1. The summed E-state index contributed by atoms with van der Waals surface area (Å²) in [6.45, 7) is 3.75. The first-order chi connectivity index (χ1) is 10.3. The number of halogens is 1. The van der Waals surface area contributed by atoms with Crippen molar-refractivity contribution in [3.8, 4) is 5.75 Å². The lowest BCUT2D eigenvalue weighted by atomic mass is 10.3. The summed E-state index contributed by atoms with van der Waals surface area (Å²) >= 11 is 5.99. The summed E-state index contributed by atoms with van der Waals surface area (Å²) in [5.41, 5.74) is 0. The highest BCUT2D eigenvalue weighted by molar-refractivity contribution is 7.89. The first-order valence-electron chi connectivity index (χ1n) is 7.08. The molecule has 0 unspecified atom stereocenters. The van der Waals surface area contributed by atoms with E-state index >= 15 is 0 Å². The van der Waals surface area contributed by atoms with Crippen molar-refractivity contribution in [1.82, 2.24) is 10.0 Å². The predicted octanol–water partition coefficient (Wildman–Crippen LogP) is 1.68. The molecule has 0 heterocycles. The van der Waals surface area contributed by atoms with Crippen LogP contribution in [0.1, 0.15) is 26.7 Å². The monoisotopic (exact) mass is 346 g/mol. The van der Waals surface area contributed by atoms with E-state index in [0.29, 0.717) is 12.4 Å². The lowest BCUT2D eigenvalue weighted by Gasteiger charge is -2.15. The maximum atomic E-state index is 12.3. The zero-order valence-corrected chi connectivity index (χ0v) is 14.0. The number of hydrogen-bond acceptors (Lipinski definition) is 4. The van der Waals surface area contributed by atoms with E-state index in [0.717, 1.165) is 12.8 Å². The molecule has 2 rings (SSSR count). The second-order valence-corrected chi connectivity index (χ2v) is 7.27. The third kappa shape index (κ3) is 4.34. The number of rotatable bonds is 7. The van der Waals surface area contributed by atoms with Crippen molar-refractivity contribution in [3.05, 3.63) is 23.2 Å². The third-order valence-corrected chi connectivity index (χ3v) is 5.00. The van der Waals surface area contributed by atoms with Crippen molar-refractivity contribution in [3.63, 3.8) is 0 Å². The largest absolute Gasteiger partial charge is 0.492 e.